The Bertz CT molecular complexity index is 1150. The average Bonchev–Trinajstić information content (AvgIpc) is 3.21. The second-order valence-electron chi connectivity index (χ2n) is 7.47. The largest absolute Gasteiger partial charge is 0.461 e. The molecule has 0 aliphatic carbocycles. The van der Waals surface area contributed by atoms with Crippen molar-refractivity contribution < 1.29 is 17.6 Å². The molecule has 0 spiro atoms. The van der Waals surface area contributed by atoms with E-state index in [-0.39, 0.29) is 5.91 Å². The van der Waals surface area contributed by atoms with E-state index >= 15 is 0 Å². The number of benzene rings is 2. The molecule has 7 heteroatoms. The minimum Gasteiger partial charge on any atom is -0.461 e. The van der Waals surface area contributed by atoms with Gasteiger partial charge in [0, 0.05) is 37.2 Å². The second-order valence-corrected chi connectivity index (χ2v) is 9.45. The molecule has 6 nitrogen and oxygen atoms in total. The number of aryl methyl sites for hydroxylation is 1. The Morgan fingerprint density at radius 2 is 1.87 bits per heavy atom. The number of furan rings is 1. The summed E-state index contributed by atoms with van der Waals surface area (Å²) in [5.74, 6) is 1.47. The van der Waals surface area contributed by atoms with Gasteiger partial charge < -0.3 is 9.73 Å². The van der Waals surface area contributed by atoms with Crippen LogP contribution in [0, 0.1) is 0 Å². The summed E-state index contributed by atoms with van der Waals surface area (Å²) in [4.78, 5) is 12.5. The SMILES string of the molecule is CS(=O)(=O)N1CCc2c(cccc2NC(=O)CCc2ccc(-c3ccccc3)o2)C1. The van der Waals surface area contributed by atoms with Gasteiger partial charge in [-0.3, -0.25) is 4.79 Å². The number of hydrogen-bond donors (Lipinski definition) is 1. The molecule has 1 N–H and O–H groups in total. The van der Waals surface area contributed by atoms with Gasteiger partial charge in [0.1, 0.15) is 11.5 Å². The fourth-order valence-corrected chi connectivity index (χ4v) is 4.50. The third-order valence-electron chi connectivity index (χ3n) is 5.29. The van der Waals surface area contributed by atoms with Crippen molar-refractivity contribution in [3.63, 3.8) is 0 Å². The van der Waals surface area contributed by atoms with Gasteiger partial charge in [0.2, 0.25) is 15.9 Å². The molecule has 0 saturated heterocycles. The molecular formula is C23H24N2O4S. The number of fused-ring (bicyclic) bond motifs is 1. The van der Waals surface area contributed by atoms with Crippen molar-refractivity contribution in [1.29, 1.82) is 0 Å². The van der Waals surface area contributed by atoms with Crippen LogP contribution in [0.4, 0.5) is 5.69 Å². The first kappa shape index (κ1) is 20.4. The van der Waals surface area contributed by atoms with E-state index < -0.39 is 10.0 Å². The van der Waals surface area contributed by atoms with Crippen LogP contribution >= 0.6 is 0 Å². The van der Waals surface area contributed by atoms with Crippen LogP contribution in [-0.2, 0) is 34.2 Å². The maximum Gasteiger partial charge on any atom is 0.224 e. The summed E-state index contributed by atoms with van der Waals surface area (Å²) in [6.07, 6.45) is 2.62. The molecule has 2 aromatic carbocycles. The zero-order valence-corrected chi connectivity index (χ0v) is 17.6. The van der Waals surface area contributed by atoms with Gasteiger partial charge in [-0.05, 0) is 35.7 Å². The fraction of sp³-hybridized carbons (Fsp3) is 0.261. The zero-order valence-electron chi connectivity index (χ0n) is 16.8. The third-order valence-corrected chi connectivity index (χ3v) is 6.54. The van der Waals surface area contributed by atoms with Gasteiger partial charge in [0.25, 0.3) is 0 Å². The smallest absolute Gasteiger partial charge is 0.224 e. The van der Waals surface area contributed by atoms with Gasteiger partial charge in [-0.1, -0.05) is 42.5 Å². The number of nitrogens with one attached hydrogen (secondary N) is 1. The molecule has 0 radical (unpaired) electrons. The van der Waals surface area contributed by atoms with E-state index in [2.05, 4.69) is 5.32 Å². The highest BCUT2D eigenvalue weighted by Gasteiger charge is 2.24. The maximum absolute atomic E-state index is 12.5. The van der Waals surface area contributed by atoms with E-state index in [0.717, 1.165) is 33.9 Å². The lowest BCUT2D eigenvalue weighted by atomic mass is 9.99. The topological polar surface area (TPSA) is 79.6 Å². The predicted molar refractivity (Wildman–Crippen MR) is 116 cm³/mol. The van der Waals surface area contributed by atoms with Gasteiger partial charge >= 0.3 is 0 Å². The molecule has 0 atom stereocenters. The van der Waals surface area contributed by atoms with E-state index in [0.29, 0.717) is 32.4 Å². The molecule has 3 aromatic rings. The Morgan fingerprint density at radius 1 is 1.07 bits per heavy atom. The summed E-state index contributed by atoms with van der Waals surface area (Å²) >= 11 is 0. The Morgan fingerprint density at radius 3 is 2.63 bits per heavy atom. The summed E-state index contributed by atoms with van der Waals surface area (Å²) in [5.41, 5.74) is 3.71. The summed E-state index contributed by atoms with van der Waals surface area (Å²) in [5, 5.41) is 2.98. The number of carbonyl (C=O) groups is 1. The first-order chi connectivity index (χ1) is 14.4. The molecule has 1 aliphatic heterocycles. The Labute approximate surface area is 176 Å². The number of sulfonamides is 1. The van der Waals surface area contributed by atoms with Crippen LogP contribution in [0.25, 0.3) is 11.3 Å². The normalized spacial score (nSPS) is 14.3. The van der Waals surface area contributed by atoms with Gasteiger partial charge in [-0.2, -0.15) is 4.31 Å². The lowest BCUT2D eigenvalue weighted by Crippen LogP contribution is -2.35. The van der Waals surface area contributed by atoms with E-state index in [1.165, 1.54) is 10.6 Å². The Kier molecular flexibility index (Phi) is 5.74. The van der Waals surface area contributed by atoms with Crippen molar-refractivity contribution in [3.8, 4) is 11.3 Å². The number of anilines is 1. The summed E-state index contributed by atoms with van der Waals surface area (Å²) < 4.78 is 31.0. The highest BCUT2D eigenvalue weighted by atomic mass is 32.2. The summed E-state index contributed by atoms with van der Waals surface area (Å²) in [6.45, 7) is 0.764. The van der Waals surface area contributed by atoms with E-state index in [1.54, 1.807) is 0 Å². The Balaban J connectivity index is 1.38. The molecule has 156 valence electrons. The molecule has 1 aromatic heterocycles. The number of hydrogen-bond acceptors (Lipinski definition) is 4. The molecular weight excluding hydrogens is 400 g/mol. The first-order valence-electron chi connectivity index (χ1n) is 9.90. The minimum absolute atomic E-state index is 0.0911. The van der Waals surface area contributed by atoms with E-state index in [1.807, 2.05) is 60.7 Å². The van der Waals surface area contributed by atoms with Crippen molar-refractivity contribution in [2.24, 2.45) is 0 Å². The molecule has 0 fully saturated rings. The molecule has 2 heterocycles. The lowest BCUT2D eigenvalue weighted by molar-refractivity contribution is -0.116. The van der Waals surface area contributed by atoms with Crippen molar-refractivity contribution >= 4 is 21.6 Å². The second kappa shape index (κ2) is 8.45. The van der Waals surface area contributed by atoms with Gasteiger partial charge in [-0.25, -0.2) is 8.42 Å². The van der Waals surface area contributed by atoms with Crippen LogP contribution in [0.2, 0.25) is 0 Å². The highest BCUT2D eigenvalue weighted by molar-refractivity contribution is 7.88. The minimum atomic E-state index is -3.23. The number of nitrogens with zero attached hydrogens (tertiary/aromatic N) is 1. The maximum atomic E-state index is 12.5. The monoisotopic (exact) mass is 424 g/mol. The summed E-state index contributed by atoms with van der Waals surface area (Å²) in [7, 11) is -3.23. The third kappa shape index (κ3) is 4.63. The van der Waals surface area contributed by atoms with E-state index in [9.17, 15) is 13.2 Å². The molecule has 1 amide bonds. The molecule has 0 saturated carbocycles. The van der Waals surface area contributed by atoms with Crippen molar-refractivity contribution in [2.75, 3.05) is 18.1 Å². The quantitative estimate of drug-likeness (QED) is 0.652. The predicted octanol–water partition coefficient (Wildman–Crippen LogP) is 3.84. The van der Waals surface area contributed by atoms with Crippen LogP contribution in [0.5, 0.6) is 0 Å². The Hall–Kier alpha value is -2.90. The molecule has 0 unspecified atom stereocenters. The van der Waals surface area contributed by atoms with Crippen LogP contribution in [-0.4, -0.2) is 31.4 Å². The number of amides is 1. The van der Waals surface area contributed by atoms with Crippen LogP contribution in [0.15, 0.2) is 65.1 Å². The van der Waals surface area contributed by atoms with Crippen molar-refractivity contribution in [3.05, 3.63) is 77.6 Å². The lowest BCUT2D eigenvalue weighted by Gasteiger charge is -2.28. The van der Waals surface area contributed by atoms with Crippen LogP contribution in [0.3, 0.4) is 0 Å². The fourth-order valence-electron chi connectivity index (χ4n) is 3.70. The first-order valence-corrected chi connectivity index (χ1v) is 11.7. The van der Waals surface area contributed by atoms with E-state index in [4.69, 9.17) is 4.42 Å². The number of carbonyl (C=O) groups excluding carboxylic acids is 1. The molecule has 4 rings (SSSR count). The van der Waals surface area contributed by atoms with Crippen LogP contribution < -0.4 is 5.32 Å². The van der Waals surface area contributed by atoms with Gasteiger partial charge in [0.15, 0.2) is 0 Å². The molecule has 30 heavy (non-hydrogen) atoms. The summed E-state index contributed by atoms with van der Waals surface area (Å²) in [6, 6.07) is 19.3. The van der Waals surface area contributed by atoms with Crippen molar-refractivity contribution in [1.82, 2.24) is 4.31 Å². The zero-order chi connectivity index (χ0) is 21.1. The van der Waals surface area contributed by atoms with Gasteiger partial charge in [0.05, 0.1) is 6.26 Å². The average molecular weight is 425 g/mol. The highest BCUT2D eigenvalue weighted by Crippen LogP contribution is 2.28. The van der Waals surface area contributed by atoms with Gasteiger partial charge in [-0.15, -0.1) is 0 Å². The molecule has 0 bridgehead atoms. The molecule has 1 aliphatic rings. The number of rotatable bonds is 6. The van der Waals surface area contributed by atoms with Crippen LogP contribution in [0.1, 0.15) is 23.3 Å². The standard InChI is InChI=1S/C23H24N2O4S/c1-30(27,28)25-15-14-20-18(16-25)8-5-9-21(20)24-23(26)13-11-19-10-12-22(29-19)17-6-3-2-4-7-17/h2-10,12H,11,13-16H2,1H3,(H,24,26). The van der Waals surface area contributed by atoms with Crippen molar-refractivity contribution in [2.45, 2.75) is 25.8 Å².